The van der Waals surface area contributed by atoms with Crippen molar-refractivity contribution in [1.82, 2.24) is 0 Å². The molecule has 9 atom stereocenters. The van der Waals surface area contributed by atoms with Gasteiger partial charge in [0.2, 0.25) is 0 Å². The summed E-state index contributed by atoms with van der Waals surface area (Å²) >= 11 is 0. The molecule has 3 N–H and O–H groups in total. The topological polar surface area (TPSA) is 77.8 Å². The molecule has 4 aliphatic rings. The SMILES string of the molecule is CC(O)[C@@]1(O)CCC2C3CCC4C[C@H](O)CCC4(C)C3C(=O)CC21C. The number of ketones is 1. The summed E-state index contributed by atoms with van der Waals surface area (Å²) in [5, 5.41) is 31.6. The summed E-state index contributed by atoms with van der Waals surface area (Å²) in [5.74, 6) is 1.47. The predicted molar refractivity (Wildman–Crippen MR) is 94.8 cm³/mol. The number of Topliss-reactive ketones (excluding diaryl/α,β-unsaturated/α-hetero) is 1. The van der Waals surface area contributed by atoms with Gasteiger partial charge in [-0.05, 0) is 75.0 Å². The summed E-state index contributed by atoms with van der Waals surface area (Å²) in [6, 6.07) is 0. The van der Waals surface area contributed by atoms with E-state index in [4.69, 9.17) is 0 Å². The van der Waals surface area contributed by atoms with Crippen LogP contribution in [0.5, 0.6) is 0 Å². The molecule has 4 aliphatic carbocycles. The molecule has 0 aromatic rings. The van der Waals surface area contributed by atoms with Crippen molar-refractivity contribution in [3.05, 3.63) is 0 Å². The quantitative estimate of drug-likeness (QED) is 0.679. The highest BCUT2D eigenvalue weighted by Gasteiger charge is 2.68. The fourth-order valence-corrected chi connectivity index (χ4v) is 7.77. The van der Waals surface area contributed by atoms with Crippen molar-refractivity contribution in [3.8, 4) is 0 Å². The van der Waals surface area contributed by atoms with Gasteiger partial charge in [-0.15, -0.1) is 0 Å². The van der Waals surface area contributed by atoms with E-state index in [9.17, 15) is 20.1 Å². The number of carbonyl (C=O) groups is 1. The van der Waals surface area contributed by atoms with Gasteiger partial charge in [-0.3, -0.25) is 4.79 Å². The van der Waals surface area contributed by atoms with Gasteiger partial charge in [0.05, 0.1) is 17.8 Å². The van der Waals surface area contributed by atoms with Crippen LogP contribution in [0.15, 0.2) is 0 Å². The van der Waals surface area contributed by atoms with Gasteiger partial charge in [0.15, 0.2) is 0 Å². The summed E-state index contributed by atoms with van der Waals surface area (Å²) in [4.78, 5) is 13.4. The van der Waals surface area contributed by atoms with E-state index in [1.165, 1.54) is 0 Å². The molecule has 4 rings (SSSR count). The average Bonchev–Trinajstić information content (AvgIpc) is 2.80. The Balaban J connectivity index is 1.70. The third-order valence-corrected chi connectivity index (χ3v) is 9.23. The van der Waals surface area contributed by atoms with Crippen molar-refractivity contribution in [3.63, 3.8) is 0 Å². The number of fused-ring (bicyclic) bond motifs is 5. The molecule has 142 valence electrons. The summed E-state index contributed by atoms with van der Waals surface area (Å²) in [6.07, 6.45) is 5.60. The van der Waals surface area contributed by atoms with Crippen molar-refractivity contribution >= 4 is 5.78 Å². The maximum Gasteiger partial charge on any atom is 0.137 e. The Hall–Kier alpha value is -0.450. The number of aliphatic hydroxyl groups excluding tert-OH is 2. The van der Waals surface area contributed by atoms with Crippen molar-refractivity contribution < 1.29 is 20.1 Å². The maximum absolute atomic E-state index is 13.4. The molecule has 0 aromatic carbocycles. The summed E-state index contributed by atoms with van der Waals surface area (Å²) in [7, 11) is 0. The molecule has 7 unspecified atom stereocenters. The fourth-order valence-electron chi connectivity index (χ4n) is 7.77. The number of rotatable bonds is 1. The molecular weight excluding hydrogens is 316 g/mol. The third kappa shape index (κ3) is 2.20. The molecule has 25 heavy (non-hydrogen) atoms. The Bertz CT molecular complexity index is 574. The number of carbonyl (C=O) groups excluding carboxylic acids is 1. The molecule has 0 aliphatic heterocycles. The van der Waals surface area contributed by atoms with Gasteiger partial charge in [0.1, 0.15) is 5.78 Å². The Morgan fingerprint density at radius 2 is 1.84 bits per heavy atom. The van der Waals surface area contributed by atoms with Crippen LogP contribution in [0.2, 0.25) is 0 Å². The lowest BCUT2D eigenvalue weighted by Gasteiger charge is -2.60. The molecular formula is C21H34O4. The highest BCUT2D eigenvalue weighted by Crippen LogP contribution is 2.67. The normalized spacial score (nSPS) is 56.7. The monoisotopic (exact) mass is 350 g/mol. The van der Waals surface area contributed by atoms with Gasteiger partial charge in [-0.2, -0.15) is 0 Å². The molecule has 4 fully saturated rings. The molecule has 4 saturated carbocycles. The molecule has 0 aromatic heterocycles. The van der Waals surface area contributed by atoms with E-state index in [2.05, 4.69) is 6.92 Å². The zero-order chi connectivity index (χ0) is 18.2. The van der Waals surface area contributed by atoms with E-state index in [1.54, 1.807) is 6.92 Å². The van der Waals surface area contributed by atoms with Gasteiger partial charge in [0, 0.05) is 17.8 Å². The molecule has 0 amide bonds. The van der Waals surface area contributed by atoms with Gasteiger partial charge < -0.3 is 15.3 Å². The minimum atomic E-state index is -1.14. The molecule has 0 radical (unpaired) electrons. The van der Waals surface area contributed by atoms with E-state index in [1.807, 2.05) is 6.92 Å². The Morgan fingerprint density at radius 1 is 1.12 bits per heavy atom. The number of aliphatic hydroxyl groups is 3. The van der Waals surface area contributed by atoms with E-state index in [0.29, 0.717) is 36.4 Å². The second-order valence-corrected chi connectivity index (χ2v) is 10.2. The Labute approximate surface area is 151 Å². The van der Waals surface area contributed by atoms with Crippen LogP contribution >= 0.6 is 0 Å². The maximum atomic E-state index is 13.4. The van der Waals surface area contributed by atoms with Gasteiger partial charge in [-0.1, -0.05) is 13.8 Å². The Morgan fingerprint density at radius 3 is 2.52 bits per heavy atom. The second-order valence-electron chi connectivity index (χ2n) is 10.2. The van der Waals surface area contributed by atoms with Crippen LogP contribution in [-0.2, 0) is 4.79 Å². The van der Waals surface area contributed by atoms with E-state index >= 15 is 0 Å². The highest BCUT2D eigenvalue weighted by molar-refractivity contribution is 5.84. The molecule has 0 heterocycles. The minimum Gasteiger partial charge on any atom is -0.393 e. The number of hydrogen-bond acceptors (Lipinski definition) is 4. The standard InChI is InChI=1S/C21H34O4/c1-12(22)21(25)9-7-16-15-5-4-13-10-14(23)6-8-19(13,2)18(15)17(24)11-20(16,21)3/h12-16,18,22-23,25H,4-11H2,1-3H3/t12?,13?,14-,15?,16?,18?,19?,20?,21+/m1/s1. The van der Waals surface area contributed by atoms with Crippen LogP contribution in [0, 0.1) is 34.5 Å². The second kappa shape index (κ2) is 5.53. The van der Waals surface area contributed by atoms with Gasteiger partial charge in [0.25, 0.3) is 0 Å². The fraction of sp³-hybridized carbons (Fsp3) is 0.952. The first-order valence-electron chi connectivity index (χ1n) is 10.2. The minimum absolute atomic E-state index is 0.00605. The van der Waals surface area contributed by atoms with Gasteiger partial charge in [-0.25, -0.2) is 0 Å². The zero-order valence-electron chi connectivity index (χ0n) is 15.9. The van der Waals surface area contributed by atoms with Crippen LogP contribution < -0.4 is 0 Å². The Kier molecular flexibility index (Phi) is 3.97. The molecule has 0 bridgehead atoms. The van der Waals surface area contributed by atoms with Crippen LogP contribution in [0.1, 0.15) is 72.1 Å². The van der Waals surface area contributed by atoms with Gasteiger partial charge >= 0.3 is 0 Å². The third-order valence-electron chi connectivity index (χ3n) is 9.23. The van der Waals surface area contributed by atoms with Crippen molar-refractivity contribution in [2.75, 3.05) is 0 Å². The molecule has 4 heteroatoms. The lowest BCUT2D eigenvalue weighted by molar-refractivity contribution is -0.190. The first kappa shape index (κ1) is 17.9. The zero-order valence-corrected chi connectivity index (χ0v) is 15.9. The first-order valence-corrected chi connectivity index (χ1v) is 10.2. The first-order chi connectivity index (χ1) is 11.6. The van der Waals surface area contributed by atoms with Crippen molar-refractivity contribution in [1.29, 1.82) is 0 Å². The highest BCUT2D eigenvalue weighted by atomic mass is 16.3. The van der Waals surface area contributed by atoms with Crippen molar-refractivity contribution in [2.24, 2.45) is 34.5 Å². The van der Waals surface area contributed by atoms with E-state index in [-0.39, 0.29) is 17.4 Å². The average molecular weight is 350 g/mol. The smallest absolute Gasteiger partial charge is 0.137 e. The van der Waals surface area contributed by atoms with Crippen LogP contribution in [0.25, 0.3) is 0 Å². The largest absolute Gasteiger partial charge is 0.393 e. The summed E-state index contributed by atoms with van der Waals surface area (Å²) in [5.41, 5.74) is -1.64. The molecule has 4 nitrogen and oxygen atoms in total. The lowest BCUT2D eigenvalue weighted by Crippen LogP contribution is -2.62. The van der Waals surface area contributed by atoms with Crippen LogP contribution in [-0.4, -0.2) is 38.9 Å². The molecule has 0 saturated heterocycles. The lowest BCUT2D eigenvalue weighted by atomic mass is 9.44. The van der Waals surface area contributed by atoms with E-state index in [0.717, 1.165) is 38.5 Å². The van der Waals surface area contributed by atoms with Crippen molar-refractivity contribution in [2.45, 2.75) is 89.9 Å². The van der Waals surface area contributed by atoms with Crippen LogP contribution in [0.3, 0.4) is 0 Å². The summed E-state index contributed by atoms with van der Waals surface area (Å²) < 4.78 is 0. The van der Waals surface area contributed by atoms with Crippen LogP contribution in [0.4, 0.5) is 0 Å². The molecule has 0 spiro atoms. The summed E-state index contributed by atoms with van der Waals surface area (Å²) in [6.45, 7) is 6.01. The van der Waals surface area contributed by atoms with E-state index < -0.39 is 17.1 Å². The number of hydrogen-bond donors (Lipinski definition) is 3. The predicted octanol–water partition coefficient (Wildman–Crippen LogP) is 2.68.